The molecular weight excluding hydrogens is 421 g/mol. The molecule has 0 bridgehead atoms. The van der Waals surface area contributed by atoms with Gasteiger partial charge in [-0.1, -0.05) is 6.07 Å². The van der Waals surface area contributed by atoms with Crippen LogP contribution in [-0.2, 0) is 20.0 Å². The van der Waals surface area contributed by atoms with Gasteiger partial charge in [-0.3, -0.25) is 9.67 Å². The Bertz CT molecular complexity index is 672. The van der Waals surface area contributed by atoms with Gasteiger partial charge in [0.15, 0.2) is 5.96 Å². The van der Waals surface area contributed by atoms with Crippen molar-refractivity contribution >= 4 is 29.9 Å². The van der Waals surface area contributed by atoms with Crippen LogP contribution in [0, 0.1) is 0 Å². The number of aliphatic imine (C=N–C) groups is 1. The summed E-state index contributed by atoms with van der Waals surface area (Å²) in [7, 11) is 5.21. The summed E-state index contributed by atoms with van der Waals surface area (Å²) in [6, 6.07) is 7.27. The summed E-state index contributed by atoms with van der Waals surface area (Å²) >= 11 is 0. The molecule has 0 spiro atoms. The summed E-state index contributed by atoms with van der Waals surface area (Å²) in [5, 5.41) is 20.5. The van der Waals surface area contributed by atoms with Gasteiger partial charge in [0.05, 0.1) is 19.3 Å². The average Bonchev–Trinajstić information content (AvgIpc) is 2.97. The van der Waals surface area contributed by atoms with E-state index >= 15 is 0 Å². The van der Waals surface area contributed by atoms with Gasteiger partial charge in [-0.15, -0.1) is 24.0 Å². The van der Waals surface area contributed by atoms with E-state index < -0.39 is 0 Å². The highest BCUT2D eigenvalue weighted by atomic mass is 127. The Labute approximate surface area is 159 Å². The van der Waals surface area contributed by atoms with Crippen LogP contribution in [0.2, 0.25) is 0 Å². The number of hydrogen-bond donors (Lipinski definition) is 3. The Morgan fingerprint density at radius 3 is 2.71 bits per heavy atom. The number of aromatic nitrogens is 2. The molecular formula is C16H24IN5O2. The molecule has 0 radical (unpaired) electrons. The highest BCUT2D eigenvalue weighted by molar-refractivity contribution is 14.0. The average molecular weight is 445 g/mol. The number of benzene rings is 1. The van der Waals surface area contributed by atoms with Crippen LogP contribution in [0.25, 0.3) is 0 Å². The number of aryl methyl sites for hydroxylation is 1. The first-order valence-electron chi connectivity index (χ1n) is 7.41. The fourth-order valence-electron chi connectivity index (χ4n) is 2.17. The molecule has 2 aromatic rings. The first-order valence-corrected chi connectivity index (χ1v) is 7.41. The maximum Gasteiger partial charge on any atom is 0.191 e. The molecule has 0 aliphatic rings. The third-order valence-electron chi connectivity index (χ3n) is 3.56. The Hall–Kier alpha value is -1.97. The number of guanidine groups is 1. The minimum absolute atomic E-state index is 0. The summed E-state index contributed by atoms with van der Waals surface area (Å²) in [6.45, 7) is 1.30. The van der Waals surface area contributed by atoms with Gasteiger partial charge < -0.3 is 20.5 Å². The van der Waals surface area contributed by atoms with E-state index in [1.165, 1.54) is 0 Å². The molecule has 8 heteroatoms. The van der Waals surface area contributed by atoms with Crippen molar-refractivity contribution in [1.82, 2.24) is 20.4 Å². The van der Waals surface area contributed by atoms with E-state index in [-0.39, 0.29) is 29.7 Å². The number of halogens is 1. The van der Waals surface area contributed by atoms with E-state index in [4.69, 9.17) is 4.74 Å². The van der Waals surface area contributed by atoms with Crippen LogP contribution in [0.4, 0.5) is 0 Å². The van der Waals surface area contributed by atoms with Crippen molar-refractivity contribution in [2.75, 3.05) is 20.7 Å². The van der Waals surface area contributed by atoms with Crippen molar-refractivity contribution in [2.24, 2.45) is 12.0 Å². The zero-order valence-corrected chi connectivity index (χ0v) is 16.4. The van der Waals surface area contributed by atoms with E-state index in [0.29, 0.717) is 31.2 Å². The molecule has 3 N–H and O–H groups in total. The van der Waals surface area contributed by atoms with Crippen molar-refractivity contribution < 1.29 is 9.84 Å². The van der Waals surface area contributed by atoms with Gasteiger partial charge in [0.2, 0.25) is 0 Å². The quantitative estimate of drug-likeness (QED) is 0.358. The maximum absolute atomic E-state index is 9.94. The largest absolute Gasteiger partial charge is 0.508 e. The molecule has 0 fully saturated rings. The SMILES string of the molecule is CN=C(NCCc1ccc(OC)cc1O)NCc1ccnn1C.I. The third-order valence-corrected chi connectivity index (χ3v) is 3.56. The summed E-state index contributed by atoms with van der Waals surface area (Å²) in [6.07, 6.45) is 2.45. The van der Waals surface area contributed by atoms with Crippen molar-refractivity contribution in [3.05, 3.63) is 41.7 Å². The fraction of sp³-hybridized carbons (Fsp3) is 0.375. The van der Waals surface area contributed by atoms with Gasteiger partial charge in [0.1, 0.15) is 11.5 Å². The van der Waals surface area contributed by atoms with Crippen LogP contribution in [0.3, 0.4) is 0 Å². The van der Waals surface area contributed by atoms with Crippen molar-refractivity contribution in [1.29, 1.82) is 0 Å². The number of nitrogens with one attached hydrogen (secondary N) is 2. The van der Waals surface area contributed by atoms with Crippen LogP contribution in [-0.4, -0.2) is 41.5 Å². The van der Waals surface area contributed by atoms with Crippen LogP contribution >= 0.6 is 24.0 Å². The number of ether oxygens (including phenoxy) is 1. The second kappa shape index (κ2) is 10.0. The minimum atomic E-state index is 0. The molecule has 0 aliphatic heterocycles. The zero-order valence-electron chi connectivity index (χ0n) is 14.1. The molecule has 7 nitrogen and oxygen atoms in total. The number of methoxy groups -OCH3 is 1. The van der Waals surface area contributed by atoms with E-state index in [9.17, 15) is 5.11 Å². The molecule has 0 aliphatic carbocycles. The smallest absolute Gasteiger partial charge is 0.191 e. The van der Waals surface area contributed by atoms with E-state index in [1.807, 2.05) is 29.9 Å². The standard InChI is InChI=1S/C16H23N5O2.HI/c1-17-16(19-11-13-7-9-20-21(13)2)18-8-6-12-4-5-14(23-3)10-15(12)22;/h4-5,7,9-10,22H,6,8,11H2,1-3H3,(H2,17,18,19);1H. The van der Waals surface area contributed by atoms with Gasteiger partial charge in [-0.05, 0) is 24.1 Å². The number of rotatable bonds is 6. The summed E-state index contributed by atoms with van der Waals surface area (Å²) in [5.74, 6) is 1.59. The molecule has 0 atom stereocenters. The molecule has 0 amide bonds. The molecule has 0 unspecified atom stereocenters. The number of aromatic hydroxyl groups is 1. The third kappa shape index (κ3) is 5.59. The molecule has 1 aromatic carbocycles. The Balaban J connectivity index is 0.00000288. The summed E-state index contributed by atoms with van der Waals surface area (Å²) < 4.78 is 6.89. The molecule has 1 aromatic heterocycles. The number of phenolic OH excluding ortho intramolecular Hbond substituents is 1. The second-order valence-electron chi connectivity index (χ2n) is 5.04. The minimum Gasteiger partial charge on any atom is -0.508 e. The first-order chi connectivity index (χ1) is 11.1. The zero-order chi connectivity index (χ0) is 16.7. The monoisotopic (exact) mass is 445 g/mol. The van der Waals surface area contributed by atoms with Crippen LogP contribution in [0.1, 0.15) is 11.3 Å². The number of phenols is 1. The molecule has 0 saturated heterocycles. The molecule has 132 valence electrons. The topological polar surface area (TPSA) is 83.7 Å². The summed E-state index contributed by atoms with van der Waals surface area (Å²) in [4.78, 5) is 4.18. The maximum atomic E-state index is 9.94. The van der Waals surface area contributed by atoms with Crippen molar-refractivity contribution in [2.45, 2.75) is 13.0 Å². The lowest BCUT2D eigenvalue weighted by Crippen LogP contribution is -2.38. The van der Waals surface area contributed by atoms with E-state index in [0.717, 1.165) is 11.3 Å². The Kier molecular flexibility index (Phi) is 8.37. The van der Waals surface area contributed by atoms with Gasteiger partial charge in [-0.25, -0.2) is 0 Å². The normalized spacial score (nSPS) is 10.9. The molecule has 0 saturated carbocycles. The second-order valence-corrected chi connectivity index (χ2v) is 5.04. The van der Waals surface area contributed by atoms with Gasteiger partial charge >= 0.3 is 0 Å². The lowest BCUT2D eigenvalue weighted by atomic mass is 10.1. The highest BCUT2D eigenvalue weighted by Crippen LogP contribution is 2.23. The fourth-order valence-corrected chi connectivity index (χ4v) is 2.17. The van der Waals surface area contributed by atoms with Crippen molar-refractivity contribution in [3.63, 3.8) is 0 Å². The van der Waals surface area contributed by atoms with Gasteiger partial charge in [0.25, 0.3) is 0 Å². The van der Waals surface area contributed by atoms with Gasteiger partial charge in [0, 0.05) is 32.9 Å². The number of hydrogen-bond acceptors (Lipinski definition) is 4. The van der Waals surface area contributed by atoms with Crippen LogP contribution < -0.4 is 15.4 Å². The van der Waals surface area contributed by atoms with Gasteiger partial charge in [-0.2, -0.15) is 5.10 Å². The highest BCUT2D eigenvalue weighted by Gasteiger charge is 2.05. The predicted octanol–water partition coefficient (Wildman–Crippen LogP) is 1.66. The molecule has 1 heterocycles. The molecule has 2 rings (SSSR count). The van der Waals surface area contributed by atoms with E-state index in [2.05, 4.69) is 20.7 Å². The van der Waals surface area contributed by atoms with E-state index in [1.54, 1.807) is 26.4 Å². The summed E-state index contributed by atoms with van der Waals surface area (Å²) in [5.41, 5.74) is 1.93. The number of nitrogens with zero attached hydrogens (tertiary/aromatic N) is 3. The first kappa shape index (κ1) is 20.1. The lowest BCUT2D eigenvalue weighted by molar-refractivity contribution is 0.406. The lowest BCUT2D eigenvalue weighted by Gasteiger charge is -2.12. The Morgan fingerprint density at radius 2 is 2.12 bits per heavy atom. The van der Waals surface area contributed by atoms with Crippen LogP contribution in [0.15, 0.2) is 35.5 Å². The predicted molar refractivity (Wildman–Crippen MR) is 105 cm³/mol. The van der Waals surface area contributed by atoms with Crippen molar-refractivity contribution in [3.8, 4) is 11.5 Å². The van der Waals surface area contributed by atoms with Crippen LogP contribution in [0.5, 0.6) is 11.5 Å². The Morgan fingerprint density at radius 1 is 1.33 bits per heavy atom. The molecule has 24 heavy (non-hydrogen) atoms.